The van der Waals surface area contributed by atoms with E-state index in [4.69, 9.17) is 15.7 Å². The number of piperazine rings is 1. The molecule has 17 nitrogen and oxygen atoms in total. The van der Waals surface area contributed by atoms with Crippen molar-refractivity contribution in [3.8, 4) is 27.4 Å². The Kier molecular flexibility index (Phi) is 13.0. The number of nitrogens with zero attached hydrogens (tertiary/aromatic N) is 9. The third kappa shape index (κ3) is 9.64. The van der Waals surface area contributed by atoms with Gasteiger partial charge in [0.1, 0.15) is 17.8 Å². The zero-order valence-corrected chi connectivity index (χ0v) is 41.2. The third-order valence-electron chi connectivity index (χ3n) is 15.5. The Balaban J connectivity index is 0.690. The molecule has 4 saturated heterocycles. The molecule has 2 aromatic carbocycles. The number of amides is 3. The molecule has 6 N–H and O–H groups in total. The van der Waals surface area contributed by atoms with Crippen LogP contribution in [-0.2, 0) is 27.5 Å². The molecule has 5 aliphatic rings. The number of para-hydroxylation sites is 1. The van der Waals surface area contributed by atoms with Gasteiger partial charge in [-0.15, -0.1) is 21.5 Å². The van der Waals surface area contributed by atoms with Crippen LogP contribution in [-0.4, -0.2) is 126 Å². The number of piperidine rings is 1. The number of carbonyl (C=O) groups is 3. The molecule has 3 aromatic heterocycles. The summed E-state index contributed by atoms with van der Waals surface area (Å²) >= 11 is 1.59. The van der Waals surface area contributed by atoms with E-state index in [2.05, 4.69) is 40.5 Å². The van der Waals surface area contributed by atoms with Crippen LogP contribution in [0.15, 0.2) is 72.5 Å². The molecule has 18 heteroatoms. The molecule has 10 rings (SSSR count). The number of aryl methyl sites for hydroxylation is 1. The number of hydrogen-bond donors (Lipinski definition) is 5. The summed E-state index contributed by atoms with van der Waals surface area (Å²) in [7, 11) is 0. The Hall–Kier alpha value is -6.24. The van der Waals surface area contributed by atoms with Gasteiger partial charge < -0.3 is 41.3 Å². The number of phenols is 1. The Morgan fingerprint density at radius 1 is 0.914 bits per heavy atom. The normalized spacial score (nSPS) is 22.8. The predicted octanol–water partition coefficient (Wildman–Crippen LogP) is 5.31. The lowest BCUT2D eigenvalue weighted by Gasteiger charge is -2.52. The zero-order valence-electron chi connectivity index (χ0n) is 40.4. The largest absolute Gasteiger partial charge is 0.507 e. The molecule has 70 heavy (non-hydrogen) atoms. The van der Waals surface area contributed by atoms with Crippen molar-refractivity contribution in [2.24, 2.45) is 16.7 Å². The number of anilines is 3. The maximum absolute atomic E-state index is 14.3. The van der Waals surface area contributed by atoms with E-state index in [0.29, 0.717) is 17.1 Å². The molecular formula is C52H64N12O5S. The van der Waals surface area contributed by atoms with Gasteiger partial charge >= 0.3 is 0 Å². The number of likely N-dealkylation sites (tertiary alicyclic amines) is 2. The maximum atomic E-state index is 14.3. The van der Waals surface area contributed by atoms with Gasteiger partial charge in [-0.05, 0) is 98.7 Å². The van der Waals surface area contributed by atoms with Crippen LogP contribution in [0.5, 0.6) is 5.75 Å². The molecule has 7 heterocycles. The van der Waals surface area contributed by atoms with Crippen LogP contribution in [0.25, 0.3) is 21.7 Å². The maximum Gasteiger partial charge on any atom is 0.246 e. The smallest absolute Gasteiger partial charge is 0.246 e. The van der Waals surface area contributed by atoms with Crippen molar-refractivity contribution in [3.05, 3.63) is 89.3 Å². The number of β-amino-alcohol motifs (C(OH)–C–C–N with tert-alkyl or cyclic N) is 1. The fraction of sp³-hybridized carbons (Fsp3) is 0.500. The molecule has 2 unspecified atom stereocenters. The standard InChI is InChI=1S/C52H64N12O5S/c1-31-44(70-30-57-31)34-11-9-32(10-12-34)23-54-48(68)42-19-38(65)29-63(42)49(69)45(51(2,3)4)58-47(67)35-21-52(22-35)15-17-61(18-16-52)26-33-24-55-50(56-25-33)64-36-13-14-37(64)28-62(27-36)41-20-40(59-60-46(41)53)39-7-5-6-8-43(39)66/h5-12,20,24-25,30,35-38,42,45,65-66H,13-19,21-23,26-29H2,1-4H3,(H2,53,60)(H,54,68)(H,58,67)/t36?,37?,38-,42+,45-/m1/s1. The van der Waals surface area contributed by atoms with Crippen LogP contribution in [0.4, 0.5) is 17.5 Å². The lowest BCUT2D eigenvalue weighted by Crippen LogP contribution is -2.60. The first-order chi connectivity index (χ1) is 33.6. The minimum Gasteiger partial charge on any atom is -0.507 e. The number of nitrogens with one attached hydrogen (secondary N) is 2. The number of rotatable bonds is 12. The zero-order chi connectivity index (χ0) is 48.9. The SMILES string of the molecule is Cc1ncsc1-c1ccc(CNC(=O)[C@@H]2C[C@@H](O)CN2C(=O)[C@@H](NC(=O)C2CC3(CCN(Cc4cnc(N5C6CCC5CN(c5cc(-c7ccccc7O)nnc5N)C6)nc4)CC3)C2)C(C)(C)C)cc1. The second-order valence-corrected chi connectivity index (χ2v) is 22.2. The van der Waals surface area contributed by atoms with Crippen molar-refractivity contribution >= 4 is 46.5 Å². The molecule has 5 fully saturated rings. The summed E-state index contributed by atoms with van der Waals surface area (Å²) in [5, 5.41) is 35.8. The van der Waals surface area contributed by atoms with E-state index >= 15 is 0 Å². The van der Waals surface area contributed by atoms with Gasteiger partial charge in [-0.25, -0.2) is 15.0 Å². The molecule has 5 atom stereocenters. The van der Waals surface area contributed by atoms with E-state index in [1.807, 2.05) is 88.1 Å². The van der Waals surface area contributed by atoms with Gasteiger partial charge in [0.05, 0.1) is 33.6 Å². The summed E-state index contributed by atoms with van der Waals surface area (Å²) in [4.78, 5) is 65.5. The average Bonchev–Trinajstić information content (AvgIpc) is 4.03. The third-order valence-corrected chi connectivity index (χ3v) is 16.4. The summed E-state index contributed by atoms with van der Waals surface area (Å²) in [6.45, 7) is 12.2. The predicted molar refractivity (Wildman–Crippen MR) is 268 cm³/mol. The Morgan fingerprint density at radius 3 is 2.27 bits per heavy atom. The minimum absolute atomic E-state index is 0.0347. The topological polar surface area (TPSA) is 219 Å². The van der Waals surface area contributed by atoms with E-state index in [1.54, 1.807) is 23.5 Å². The van der Waals surface area contributed by atoms with Gasteiger partial charge in [0.2, 0.25) is 23.7 Å². The minimum atomic E-state index is -0.857. The van der Waals surface area contributed by atoms with Crippen LogP contribution >= 0.6 is 11.3 Å². The van der Waals surface area contributed by atoms with Crippen molar-refractivity contribution < 1.29 is 24.6 Å². The lowest BCUT2D eigenvalue weighted by molar-refractivity contribution is -0.146. The molecule has 3 amide bonds. The highest BCUT2D eigenvalue weighted by Gasteiger charge is 2.51. The fourth-order valence-electron chi connectivity index (χ4n) is 11.5. The van der Waals surface area contributed by atoms with Crippen LogP contribution in [0.1, 0.15) is 82.5 Å². The summed E-state index contributed by atoms with van der Waals surface area (Å²) in [5.74, 6) is 0.290. The molecule has 2 bridgehead atoms. The van der Waals surface area contributed by atoms with Crippen LogP contribution in [0.2, 0.25) is 0 Å². The van der Waals surface area contributed by atoms with Gasteiger partial charge in [-0.3, -0.25) is 19.3 Å². The number of benzene rings is 2. The van der Waals surface area contributed by atoms with Crippen molar-refractivity contribution in [1.82, 2.24) is 45.6 Å². The number of aliphatic hydroxyl groups is 1. The summed E-state index contributed by atoms with van der Waals surface area (Å²) < 4.78 is 0. The summed E-state index contributed by atoms with van der Waals surface area (Å²) in [6.07, 6.45) is 8.84. The monoisotopic (exact) mass is 968 g/mol. The number of aromatic hydroxyl groups is 1. The number of phenolic OH excluding ortho intramolecular Hbond substituents is 1. The molecule has 368 valence electrons. The van der Waals surface area contributed by atoms with Gasteiger partial charge in [-0.1, -0.05) is 57.2 Å². The molecule has 0 radical (unpaired) electrons. The number of nitrogens with two attached hydrogens (primary N) is 1. The highest BCUT2D eigenvalue weighted by molar-refractivity contribution is 7.13. The van der Waals surface area contributed by atoms with Crippen molar-refractivity contribution in [1.29, 1.82) is 0 Å². The number of hydrogen-bond acceptors (Lipinski definition) is 15. The van der Waals surface area contributed by atoms with Crippen molar-refractivity contribution in [2.75, 3.05) is 48.3 Å². The second-order valence-electron chi connectivity index (χ2n) is 21.4. The van der Waals surface area contributed by atoms with E-state index in [1.165, 1.54) is 4.90 Å². The average molecular weight is 969 g/mol. The van der Waals surface area contributed by atoms with E-state index < -0.39 is 23.6 Å². The van der Waals surface area contributed by atoms with E-state index in [0.717, 1.165) is 110 Å². The van der Waals surface area contributed by atoms with E-state index in [-0.39, 0.29) is 66.4 Å². The van der Waals surface area contributed by atoms with Crippen LogP contribution in [0.3, 0.4) is 0 Å². The Bertz CT molecular complexity index is 2700. The van der Waals surface area contributed by atoms with Crippen LogP contribution < -0.4 is 26.2 Å². The fourth-order valence-corrected chi connectivity index (χ4v) is 12.3. The number of carbonyl (C=O) groups excluding carboxylic acids is 3. The molecule has 5 aromatic rings. The number of aliphatic hydroxyl groups excluding tert-OH is 1. The Morgan fingerprint density at radius 2 is 1.61 bits per heavy atom. The van der Waals surface area contributed by atoms with Crippen molar-refractivity contribution in [2.45, 2.75) is 116 Å². The molecule has 1 aliphatic carbocycles. The molecular weight excluding hydrogens is 905 g/mol. The summed E-state index contributed by atoms with van der Waals surface area (Å²) in [6, 6.07) is 15.8. The van der Waals surface area contributed by atoms with E-state index in [9.17, 15) is 24.6 Å². The number of thiazole rings is 1. The number of fused-ring (bicyclic) bond motifs is 2. The summed E-state index contributed by atoms with van der Waals surface area (Å²) in [5.41, 5.74) is 13.7. The first-order valence-corrected chi connectivity index (χ1v) is 25.5. The highest BCUT2D eigenvalue weighted by atomic mass is 32.1. The Labute approximate surface area is 412 Å². The molecule has 4 aliphatic heterocycles. The first-order valence-electron chi connectivity index (χ1n) is 24.7. The van der Waals surface area contributed by atoms with Gasteiger partial charge in [-0.2, -0.15) is 0 Å². The van der Waals surface area contributed by atoms with Gasteiger partial charge in [0.25, 0.3) is 0 Å². The highest BCUT2D eigenvalue weighted by Crippen LogP contribution is 2.53. The van der Waals surface area contributed by atoms with Crippen LogP contribution in [0, 0.1) is 23.7 Å². The molecule has 1 spiro atoms. The van der Waals surface area contributed by atoms with Gasteiger partial charge in [0.15, 0.2) is 5.82 Å². The second kappa shape index (κ2) is 19.2. The quantitative estimate of drug-likeness (QED) is 0.107. The van der Waals surface area contributed by atoms with Crippen molar-refractivity contribution in [3.63, 3.8) is 0 Å². The lowest BCUT2D eigenvalue weighted by atomic mass is 9.57. The number of nitrogen functional groups attached to an aromatic ring is 1. The first kappa shape index (κ1) is 47.4. The molecule has 1 saturated carbocycles. The number of aromatic nitrogens is 5. The van der Waals surface area contributed by atoms with Gasteiger partial charge in [0, 0.05) is 80.7 Å².